The average molecular weight is 318 g/mol. The van der Waals surface area contributed by atoms with Gasteiger partial charge in [0.2, 0.25) is 0 Å². The number of hydrogen-bond acceptors (Lipinski definition) is 3. The first kappa shape index (κ1) is 12.5. The van der Waals surface area contributed by atoms with E-state index in [4.69, 9.17) is 5.73 Å². The van der Waals surface area contributed by atoms with Crippen LogP contribution < -0.4 is 10.6 Å². The maximum atomic E-state index is 5.87. The number of aryl methyl sites for hydroxylation is 1. The van der Waals surface area contributed by atoms with Gasteiger partial charge in [-0.3, -0.25) is 0 Å². The highest BCUT2D eigenvalue weighted by molar-refractivity contribution is 9.10. The van der Waals surface area contributed by atoms with Crippen molar-refractivity contribution in [2.45, 2.75) is 19.9 Å². The summed E-state index contributed by atoms with van der Waals surface area (Å²) in [4.78, 5) is 6.81. The molecule has 0 aliphatic carbocycles. The maximum absolute atomic E-state index is 5.87. The maximum Gasteiger partial charge on any atom is 0.129 e. The third-order valence-electron chi connectivity index (χ3n) is 3.60. The molecular formula is C15H16BrN3. The van der Waals surface area contributed by atoms with Gasteiger partial charge in [0.05, 0.1) is 0 Å². The Balaban J connectivity index is 1.90. The first-order valence-corrected chi connectivity index (χ1v) is 7.17. The summed E-state index contributed by atoms with van der Waals surface area (Å²) in [6, 6.07) is 8.33. The smallest absolute Gasteiger partial charge is 0.129 e. The minimum absolute atomic E-state index is 0.834. The third kappa shape index (κ3) is 2.45. The summed E-state index contributed by atoms with van der Waals surface area (Å²) in [5.41, 5.74) is 10.6. The molecule has 0 saturated heterocycles. The van der Waals surface area contributed by atoms with Crippen LogP contribution in [-0.4, -0.2) is 11.5 Å². The Morgan fingerprint density at radius 1 is 1.26 bits per heavy atom. The summed E-state index contributed by atoms with van der Waals surface area (Å²) in [7, 11) is 0. The molecule has 2 aromatic rings. The summed E-state index contributed by atoms with van der Waals surface area (Å²) in [6.45, 7) is 3.98. The van der Waals surface area contributed by atoms with E-state index in [1.54, 1.807) is 0 Å². The lowest BCUT2D eigenvalue weighted by Crippen LogP contribution is -2.31. The molecule has 1 aromatic heterocycles. The number of nitrogen functional groups attached to an aromatic ring is 1. The lowest BCUT2D eigenvalue weighted by Gasteiger charge is -2.30. The lowest BCUT2D eigenvalue weighted by atomic mass is 9.99. The van der Waals surface area contributed by atoms with Crippen molar-refractivity contribution in [3.8, 4) is 0 Å². The van der Waals surface area contributed by atoms with Gasteiger partial charge in [0.1, 0.15) is 5.82 Å². The van der Waals surface area contributed by atoms with Crippen LogP contribution in [0.1, 0.15) is 16.7 Å². The van der Waals surface area contributed by atoms with Crippen molar-refractivity contribution >= 4 is 27.4 Å². The third-order valence-corrected chi connectivity index (χ3v) is 4.43. The number of pyridine rings is 1. The van der Waals surface area contributed by atoms with Gasteiger partial charge >= 0.3 is 0 Å². The second-order valence-electron chi connectivity index (χ2n) is 4.99. The van der Waals surface area contributed by atoms with Crippen LogP contribution in [0.25, 0.3) is 0 Å². The van der Waals surface area contributed by atoms with Crippen LogP contribution in [0.4, 0.5) is 11.5 Å². The molecule has 3 nitrogen and oxygen atoms in total. The Hall–Kier alpha value is -1.55. The van der Waals surface area contributed by atoms with Crippen molar-refractivity contribution in [1.29, 1.82) is 0 Å². The van der Waals surface area contributed by atoms with Gasteiger partial charge in [-0.25, -0.2) is 4.98 Å². The molecule has 0 unspecified atom stereocenters. The standard InChI is InChI=1S/C15H16BrN3/c1-10-6-15(18-8-14(10)16)19-5-4-11-2-3-13(17)7-12(11)9-19/h2-3,6-8H,4-5,9,17H2,1H3. The topological polar surface area (TPSA) is 42.1 Å². The fourth-order valence-corrected chi connectivity index (χ4v) is 2.69. The lowest BCUT2D eigenvalue weighted by molar-refractivity contribution is 0.720. The molecule has 0 fully saturated rings. The molecule has 0 bridgehead atoms. The summed E-state index contributed by atoms with van der Waals surface area (Å²) >= 11 is 3.49. The van der Waals surface area contributed by atoms with Crippen LogP contribution in [-0.2, 0) is 13.0 Å². The van der Waals surface area contributed by atoms with Crippen LogP contribution in [0.15, 0.2) is 34.9 Å². The number of halogens is 1. The largest absolute Gasteiger partial charge is 0.399 e. The second kappa shape index (κ2) is 4.85. The van der Waals surface area contributed by atoms with E-state index >= 15 is 0 Å². The number of nitrogens with two attached hydrogens (primary N) is 1. The highest BCUT2D eigenvalue weighted by atomic mass is 79.9. The molecule has 1 aliphatic heterocycles. The predicted molar refractivity (Wildman–Crippen MR) is 82.3 cm³/mol. The van der Waals surface area contributed by atoms with E-state index in [1.807, 2.05) is 12.3 Å². The number of hydrogen-bond donors (Lipinski definition) is 1. The van der Waals surface area contributed by atoms with Crippen molar-refractivity contribution < 1.29 is 0 Å². The fraction of sp³-hybridized carbons (Fsp3) is 0.267. The molecule has 0 saturated carbocycles. The predicted octanol–water partition coefficient (Wildman–Crippen LogP) is 3.30. The van der Waals surface area contributed by atoms with E-state index in [-0.39, 0.29) is 0 Å². The molecular weight excluding hydrogens is 302 g/mol. The van der Waals surface area contributed by atoms with Gasteiger partial charge in [0.15, 0.2) is 0 Å². The van der Waals surface area contributed by atoms with Crippen LogP contribution in [0, 0.1) is 6.92 Å². The average Bonchev–Trinajstić information content (AvgIpc) is 2.41. The molecule has 98 valence electrons. The highest BCUT2D eigenvalue weighted by Crippen LogP contribution is 2.26. The van der Waals surface area contributed by atoms with Crippen molar-refractivity contribution in [2.24, 2.45) is 0 Å². The molecule has 0 spiro atoms. The van der Waals surface area contributed by atoms with Gasteiger partial charge in [0.25, 0.3) is 0 Å². The van der Waals surface area contributed by atoms with E-state index in [1.165, 1.54) is 16.7 Å². The summed E-state index contributed by atoms with van der Waals surface area (Å²) in [5, 5.41) is 0. The number of rotatable bonds is 1. The molecule has 2 N–H and O–H groups in total. The van der Waals surface area contributed by atoms with Gasteiger partial charge in [0, 0.05) is 29.4 Å². The zero-order valence-corrected chi connectivity index (χ0v) is 12.4. The highest BCUT2D eigenvalue weighted by Gasteiger charge is 2.17. The number of aromatic nitrogens is 1. The molecule has 1 aromatic carbocycles. The van der Waals surface area contributed by atoms with Crippen LogP contribution in [0.3, 0.4) is 0 Å². The van der Waals surface area contributed by atoms with Crippen LogP contribution in [0.5, 0.6) is 0 Å². The Kier molecular flexibility index (Phi) is 3.19. The Morgan fingerprint density at radius 3 is 2.89 bits per heavy atom. The first-order chi connectivity index (χ1) is 9.13. The van der Waals surface area contributed by atoms with Crippen LogP contribution in [0.2, 0.25) is 0 Å². The molecule has 4 heteroatoms. The number of anilines is 2. The molecule has 3 rings (SSSR count). The molecule has 2 heterocycles. The van der Waals surface area contributed by atoms with E-state index in [2.05, 4.69) is 50.9 Å². The molecule has 19 heavy (non-hydrogen) atoms. The SMILES string of the molecule is Cc1cc(N2CCc3ccc(N)cc3C2)ncc1Br. The van der Waals surface area contributed by atoms with Gasteiger partial charge in [-0.1, -0.05) is 6.07 Å². The van der Waals surface area contributed by atoms with Gasteiger partial charge in [-0.05, 0) is 64.2 Å². The Labute approximate surface area is 121 Å². The zero-order chi connectivity index (χ0) is 13.4. The summed E-state index contributed by atoms with van der Waals surface area (Å²) in [6.07, 6.45) is 2.92. The van der Waals surface area contributed by atoms with E-state index < -0.39 is 0 Å². The van der Waals surface area contributed by atoms with Crippen molar-refractivity contribution in [3.05, 3.63) is 51.6 Å². The monoisotopic (exact) mass is 317 g/mol. The number of nitrogens with zero attached hydrogens (tertiary/aromatic N) is 2. The van der Waals surface area contributed by atoms with Crippen molar-refractivity contribution in [2.75, 3.05) is 17.2 Å². The minimum atomic E-state index is 0.834. The molecule has 0 amide bonds. The molecule has 1 aliphatic rings. The second-order valence-corrected chi connectivity index (χ2v) is 5.85. The van der Waals surface area contributed by atoms with Crippen LogP contribution >= 0.6 is 15.9 Å². The van der Waals surface area contributed by atoms with Gasteiger partial charge in [-0.15, -0.1) is 0 Å². The molecule has 0 radical (unpaired) electrons. The minimum Gasteiger partial charge on any atom is -0.399 e. The van der Waals surface area contributed by atoms with E-state index in [0.717, 1.165) is 35.5 Å². The number of benzene rings is 1. The summed E-state index contributed by atoms with van der Waals surface area (Å²) < 4.78 is 1.05. The summed E-state index contributed by atoms with van der Waals surface area (Å²) in [5.74, 6) is 1.04. The van der Waals surface area contributed by atoms with E-state index in [9.17, 15) is 0 Å². The van der Waals surface area contributed by atoms with Crippen molar-refractivity contribution in [1.82, 2.24) is 4.98 Å². The Morgan fingerprint density at radius 2 is 2.11 bits per heavy atom. The van der Waals surface area contributed by atoms with Gasteiger partial charge < -0.3 is 10.6 Å². The fourth-order valence-electron chi connectivity index (χ4n) is 2.47. The first-order valence-electron chi connectivity index (χ1n) is 6.38. The van der Waals surface area contributed by atoms with Gasteiger partial charge in [-0.2, -0.15) is 0 Å². The Bertz CT molecular complexity index is 625. The normalized spacial score (nSPS) is 14.3. The zero-order valence-electron chi connectivity index (χ0n) is 10.9. The molecule has 0 atom stereocenters. The number of fused-ring (bicyclic) bond motifs is 1. The van der Waals surface area contributed by atoms with E-state index in [0.29, 0.717) is 0 Å². The quantitative estimate of drug-likeness (QED) is 0.821. The van der Waals surface area contributed by atoms with Crippen molar-refractivity contribution in [3.63, 3.8) is 0 Å².